The number of phenols is 1. The molecule has 2 rings (SSSR count). The van der Waals surface area contributed by atoms with Gasteiger partial charge in [0.15, 0.2) is 0 Å². The largest absolute Gasteiger partial charge is 0.508 e. The number of carbonyl (C=O) groups excluding carboxylic acids is 1. The summed E-state index contributed by atoms with van der Waals surface area (Å²) in [6.07, 6.45) is -0.596. The Morgan fingerprint density at radius 1 is 1.18 bits per heavy atom. The highest BCUT2D eigenvalue weighted by Gasteiger charge is 2.03. The molecule has 0 aliphatic heterocycles. The number of hydrogen-bond acceptors (Lipinski definition) is 4. The maximum Gasteiger partial charge on any atom is 0.221 e. The monoisotopic (exact) mass is 303 g/mol. The summed E-state index contributed by atoms with van der Waals surface area (Å²) >= 11 is 0. The lowest BCUT2D eigenvalue weighted by molar-refractivity contribution is -0.114. The number of rotatable bonds is 3. The molecule has 0 bridgehead atoms. The van der Waals surface area contributed by atoms with Gasteiger partial charge in [-0.25, -0.2) is 0 Å². The number of amides is 1. The number of phenolic OH excluding ortho intramolecular Hbond substituents is 1. The predicted molar refractivity (Wildman–Crippen MR) is 85.4 cm³/mol. The van der Waals surface area contributed by atoms with E-state index in [9.17, 15) is 4.79 Å². The van der Waals surface area contributed by atoms with Gasteiger partial charge in [-0.1, -0.05) is 30.3 Å². The van der Waals surface area contributed by atoms with Crippen LogP contribution in [0, 0.1) is 0 Å². The fraction of sp³-hybridized carbons (Fsp3) is 0.235. The summed E-state index contributed by atoms with van der Waals surface area (Å²) in [5.74, 6) is 0.0441. The van der Waals surface area contributed by atoms with Crippen molar-refractivity contribution in [3.05, 3.63) is 59.7 Å². The lowest BCUT2D eigenvalue weighted by atomic mass is 10.1. The lowest BCUT2D eigenvalue weighted by Gasteiger charge is -2.05. The van der Waals surface area contributed by atoms with Crippen LogP contribution in [-0.2, 0) is 11.4 Å². The van der Waals surface area contributed by atoms with E-state index >= 15 is 0 Å². The van der Waals surface area contributed by atoms with Crippen molar-refractivity contribution < 1.29 is 20.1 Å². The number of nitrogens with one attached hydrogen (secondary N) is 1. The predicted octanol–water partition coefficient (Wildman–Crippen LogP) is 2.58. The van der Waals surface area contributed by atoms with Gasteiger partial charge in [-0.3, -0.25) is 4.79 Å². The smallest absolute Gasteiger partial charge is 0.221 e. The molecule has 2 aromatic rings. The van der Waals surface area contributed by atoms with E-state index in [0.29, 0.717) is 11.3 Å². The molecule has 0 saturated carbocycles. The summed E-state index contributed by atoms with van der Waals surface area (Å²) in [5, 5.41) is 29.6. The Kier molecular flexibility index (Phi) is 7.08. The Morgan fingerprint density at radius 3 is 2.36 bits per heavy atom. The minimum absolute atomic E-state index is 0.00652. The van der Waals surface area contributed by atoms with Crippen molar-refractivity contribution in [3.8, 4) is 5.75 Å². The molecule has 0 fully saturated rings. The molecule has 4 N–H and O–H groups in total. The molecule has 0 saturated heterocycles. The number of hydrogen-bond donors (Lipinski definition) is 4. The first-order valence-electron chi connectivity index (χ1n) is 6.87. The Morgan fingerprint density at radius 2 is 1.86 bits per heavy atom. The Labute approximate surface area is 129 Å². The fourth-order valence-electron chi connectivity index (χ4n) is 1.79. The molecule has 1 amide bonds. The maximum absolute atomic E-state index is 10.6. The summed E-state index contributed by atoms with van der Waals surface area (Å²) in [5.41, 5.74) is 2.08. The fourth-order valence-corrected chi connectivity index (χ4v) is 1.79. The second-order valence-corrected chi connectivity index (χ2v) is 4.77. The molecular formula is C17H21NO4. The molecule has 0 spiro atoms. The zero-order valence-corrected chi connectivity index (χ0v) is 12.7. The molecule has 5 heteroatoms. The zero-order chi connectivity index (χ0) is 16.5. The van der Waals surface area contributed by atoms with Crippen molar-refractivity contribution in [2.75, 3.05) is 5.32 Å². The molecule has 0 radical (unpaired) electrons. The number of para-hydroxylation sites is 1. The summed E-state index contributed by atoms with van der Waals surface area (Å²) in [4.78, 5) is 10.6. The molecular weight excluding hydrogens is 282 g/mol. The molecule has 5 nitrogen and oxygen atoms in total. The first kappa shape index (κ1) is 17.7. The average Bonchev–Trinajstić information content (AvgIpc) is 2.47. The van der Waals surface area contributed by atoms with E-state index in [1.54, 1.807) is 55.5 Å². The van der Waals surface area contributed by atoms with E-state index in [4.69, 9.17) is 15.3 Å². The lowest BCUT2D eigenvalue weighted by Crippen LogP contribution is -2.05. The third-order valence-electron chi connectivity index (χ3n) is 2.82. The van der Waals surface area contributed by atoms with Gasteiger partial charge < -0.3 is 20.6 Å². The number of aliphatic hydroxyl groups is 2. The normalized spacial score (nSPS) is 11.1. The number of anilines is 1. The maximum atomic E-state index is 10.6. The molecule has 2 aromatic carbocycles. The van der Waals surface area contributed by atoms with Gasteiger partial charge in [0.05, 0.1) is 12.7 Å². The first-order valence-corrected chi connectivity index (χ1v) is 6.87. The second-order valence-electron chi connectivity index (χ2n) is 4.77. The standard InChI is InChI=1S/C9H11NO2.C8H10O2/c1-7(12)10-9-4-2-3-8(5-9)6-11;1-6(9)7-4-2-3-5-8(7)10/h2-5,11H,6H2,1H3,(H,10,12);2-6,9-10H,1H3. The molecule has 0 heterocycles. The van der Waals surface area contributed by atoms with Gasteiger partial charge in [-0.05, 0) is 30.7 Å². The Balaban J connectivity index is 0.000000224. The minimum atomic E-state index is -0.596. The Hall–Kier alpha value is -2.37. The average molecular weight is 303 g/mol. The number of carbonyl (C=O) groups is 1. The van der Waals surface area contributed by atoms with Gasteiger partial charge in [-0.15, -0.1) is 0 Å². The van der Waals surface area contributed by atoms with Crippen LogP contribution in [0.25, 0.3) is 0 Å². The Bertz CT molecular complexity index is 611. The van der Waals surface area contributed by atoms with E-state index < -0.39 is 6.10 Å². The van der Waals surface area contributed by atoms with Crippen LogP contribution in [0.15, 0.2) is 48.5 Å². The van der Waals surface area contributed by atoms with E-state index in [-0.39, 0.29) is 18.3 Å². The van der Waals surface area contributed by atoms with E-state index in [1.165, 1.54) is 6.92 Å². The minimum Gasteiger partial charge on any atom is -0.508 e. The molecule has 118 valence electrons. The van der Waals surface area contributed by atoms with Crippen LogP contribution in [0.1, 0.15) is 31.1 Å². The van der Waals surface area contributed by atoms with E-state index in [1.807, 2.05) is 0 Å². The van der Waals surface area contributed by atoms with Crippen molar-refractivity contribution in [2.24, 2.45) is 0 Å². The first-order chi connectivity index (χ1) is 10.4. The summed E-state index contributed by atoms with van der Waals surface area (Å²) in [7, 11) is 0. The highest BCUT2D eigenvalue weighted by atomic mass is 16.3. The highest BCUT2D eigenvalue weighted by Crippen LogP contribution is 2.22. The molecule has 1 atom stereocenters. The van der Waals surface area contributed by atoms with Crippen LogP contribution >= 0.6 is 0 Å². The number of benzene rings is 2. The third kappa shape index (κ3) is 5.95. The van der Waals surface area contributed by atoms with Gasteiger partial charge in [0.2, 0.25) is 5.91 Å². The second kappa shape index (κ2) is 8.81. The van der Waals surface area contributed by atoms with Crippen LogP contribution in [0.3, 0.4) is 0 Å². The third-order valence-corrected chi connectivity index (χ3v) is 2.82. The van der Waals surface area contributed by atoms with Gasteiger partial charge in [0.25, 0.3) is 0 Å². The van der Waals surface area contributed by atoms with Crippen LogP contribution in [0.4, 0.5) is 5.69 Å². The SMILES string of the molecule is CC(=O)Nc1cccc(CO)c1.CC(O)c1ccccc1O. The summed E-state index contributed by atoms with van der Waals surface area (Å²) in [6, 6.07) is 13.9. The topological polar surface area (TPSA) is 89.8 Å². The van der Waals surface area contributed by atoms with Crippen LogP contribution < -0.4 is 5.32 Å². The van der Waals surface area contributed by atoms with Crippen molar-refractivity contribution in [1.82, 2.24) is 0 Å². The molecule has 22 heavy (non-hydrogen) atoms. The quantitative estimate of drug-likeness (QED) is 0.701. The van der Waals surface area contributed by atoms with E-state index in [2.05, 4.69) is 5.32 Å². The zero-order valence-electron chi connectivity index (χ0n) is 12.7. The molecule has 0 aliphatic carbocycles. The van der Waals surface area contributed by atoms with Crippen molar-refractivity contribution in [3.63, 3.8) is 0 Å². The van der Waals surface area contributed by atoms with Crippen molar-refractivity contribution >= 4 is 11.6 Å². The van der Waals surface area contributed by atoms with Gasteiger partial charge in [0, 0.05) is 18.2 Å². The van der Waals surface area contributed by atoms with Gasteiger partial charge >= 0.3 is 0 Å². The summed E-state index contributed by atoms with van der Waals surface area (Å²) in [6.45, 7) is 3.06. The van der Waals surface area contributed by atoms with Crippen molar-refractivity contribution in [1.29, 1.82) is 0 Å². The highest BCUT2D eigenvalue weighted by molar-refractivity contribution is 5.88. The van der Waals surface area contributed by atoms with E-state index in [0.717, 1.165) is 5.56 Å². The molecule has 0 aliphatic rings. The number of aliphatic hydroxyl groups excluding tert-OH is 2. The van der Waals surface area contributed by atoms with Crippen molar-refractivity contribution in [2.45, 2.75) is 26.6 Å². The molecule has 1 unspecified atom stereocenters. The summed E-state index contributed by atoms with van der Waals surface area (Å²) < 4.78 is 0. The van der Waals surface area contributed by atoms with Crippen LogP contribution in [0.5, 0.6) is 5.75 Å². The van der Waals surface area contributed by atoms with Crippen LogP contribution in [-0.4, -0.2) is 21.2 Å². The van der Waals surface area contributed by atoms with Gasteiger partial charge in [0.1, 0.15) is 5.75 Å². The molecule has 0 aromatic heterocycles. The van der Waals surface area contributed by atoms with Crippen LogP contribution in [0.2, 0.25) is 0 Å². The number of aromatic hydroxyl groups is 1. The van der Waals surface area contributed by atoms with Gasteiger partial charge in [-0.2, -0.15) is 0 Å².